The summed E-state index contributed by atoms with van der Waals surface area (Å²) in [6, 6.07) is -0.885. The van der Waals surface area contributed by atoms with Crippen molar-refractivity contribution >= 4 is 12.1 Å². The van der Waals surface area contributed by atoms with E-state index in [1.54, 1.807) is 0 Å². The Kier molecular flexibility index (Phi) is 3.24. The average Bonchev–Trinajstić information content (AvgIpc) is 3.04. The minimum Gasteiger partial charge on any atom is -0.480 e. The molecule has 0 aromatic rings. The van der Waals surface area contributed by atoms with E-state index < -0.39 is 18.1 Å². The highest BCUT2D eigenvalue weighted by Crippen LogP contribution is 2.48. The van der Waals surface area contributed by atoms with Gasteiger partial charge in [-0.15, -0.1) is 0 Å². The summed E-state index contributed by atoms with van der Waals surface area (Å²) >= 11 is 0. The van der Waals surface area contributed by atoms with Crippen LogP contribution in [0.15, 0.2) is 0 Å². The van der Waals surface area contributed by atoms with Gasteiger partial charge < -0.3 is 19.9 Å². The summed E-state index contributed by atoms with van der Waals surface area (Å²) in [5.41, 5.74) is -0.103. The smallest absolute Gasteiger partial charge is 0.407 e. The molecule has 1 aliphatic carbocycles. The second-order valence-corrected chi connectivity index (χ2v) is 4.74. The Hall–Kier alpha value is -1.30. The Labute approximate surface area is 99.3 Å². The van der Waals surface area contributed by atoms with E-state index in [1.807, 2.05) is 0 Å². The molecule has 96 valence electrons. The van der Waals surface area contributed by atoms with Crippen LogP contribution in [0.2, 0.25) is 0 Å². The number of rotatable bonds is 3. The van der Waals surface area contributed by atoms with Gasteiger partial charge in [0.15, 0.2) is 0 Å². The summed E-state index contributed by atoms with van der Waals surface area (Å²) in [6.45, 7) is 0.567. The van der Waals surface area contributed by atoms with E-state index in [9.17, 15) is 9.59 Å². The fourth-order valence-corrected chi connectivity index (χ4v) is 2.41. The van der Waals surface area contributed by atoms with Crippen LogP contribution in [0.25, 0.3) is 0 Å². The molecule has 2 atom stereocenters. The minimum atomic E-state index is -1.02. The first-order chi connectivity index (χ1) is 8.06. The number of aliphatic carboxylic acids is 1. The van der Waals surface area contributed by atoms with Crippen LogP contribution in [0.3, 0.4) is 0 Å². The summed E-state index contributed by atoms with van der Waals surface area (Å²) in [6.07, 6.45) is 2.65. The van der Waals surface area contributed by atoms with E-state index in [2.05, 4.69) is 10.1 Å². The van der Waals surface area contributed by atoms with E-state index in [-0.39, 0.29) is 11.5 Å². The normalized spacial score (nSPS) is 27.2. The highest BCUT2D eigenvalue weighted by Gasteiger charge is 2.50. The van der Waals surface area contributed by atoms with Gasteiger partial charge in [-0.05, 0) is 31.6 Å². The lowest BCUT2D eigenvalue weighted by Crippen LogP contribution is -2.49. The maximum absolute atomic E-state index is 11.2. The molecule has 2 rings (SSSR count). The number of amides is 1. The van der Waals surface area contributed by atoms with Gasteiger partial charge in [-0.3, -0.25) is 0 Å². The van der Waals surface area contributed by atoms with Crippen molar-refractivity contribution in [1.29, 1.82) is 0 Å². The standard InChI is InChI=1S/C11H17NO5/c1-16-10(15)12-8(9(13)14)7-2-5-17-11(6-7)3-4-11/h7-8H,2-6H2,1H3,(H,12,15)(H,13,14)/t7-,8+/m1/s1. The number of carboxylic acid groups (broad SMARTS) is 1. The van der Waals surface area contributed by atoms with Crippen LogP contribution in [-0.2, 0) is 14.3 Å². The Morgan fingerprint density at radius 3 is 2.76 bits per heavy atom. The molecule has 6 heteroatoms. The fourth-order valence-electron chi connectivity index (χ4n) is 2.41. The number of carboxylic acids is 1. The Balaban J connectivity index is 1.99. The molecule has 1 heterocycles. The Morgan fingerprint density at radius 1 is 1.53 bits per heavy atom. The quantitative estimate of drug-likeness (QED) is 0.764. The molecule has 17 heavy (non-hydrogen) atoms. The topological polar surface area (TPSA) is 84.9 Å². The number of ether oxygens (including phenoxy) is 2. The third kappa shape index (κ3) is 2.69. The second-order valence-electron chi connectivity index (χ2n) is 4.74. The summed E-state index contributed by atoms with van der Waals surface area (Å²) < 4.78 is 10.1. The molecular weight excluding hydrogens is 226 g/mol. The molecule has 2 N–H and O–H groups in total. The highest BCUT2D eigenvalue weighted by molar-refractivity contribution is 5.80. The fraction of sp³-hybridized carbons (Fsp3) is 0.818. The molecule has 1 amide bonds. The zero-order valence-corrected chi connectivity index (χ0v) is 9.77. The number of hydrogen-bond acceptors (Lipinski definition) is 4. The van der Waals surface area contributed by atoms with Crippen LogP contribution in [0.4, 0.5) is 4.79 Å². The molecule has 0 aromatic carbocycles. The van der Waals surface area contributed by atoms with Crippen LogP contribution in [0, 0.1) is 5.92 Å². The Bertz CT molecular complexity index is 326. The summed E-state index contributed by atoms with van der Waals surface area (Å²) in [5.74, 6) is -1.10. The molecule has 6 nitrogen and oxygen atoms in total. The molecule has 1 spiro atoms. The third-order valence-corrected chi connectivity index (χ3v) is 3.53. The SMILES string of the molecule is COC(=O)N[C@H](C(=O)O)[C@@H]1CCOC2(CC2)C1. The minimum absolute atomic E-state index is 0.0807. The van der Waals surface area contributed by atoms with Crippen molar-refractivity contribution in [3.05, 3.63) is 0 Å². The van der Waals surface area contributed by atoms with Gasteiger partial charge in [0.25, 0.3) is 0 Å². The van der Waals surface area contributed by atoms with E-state index in [1.165, 1.54) is 7.11 Å². The number of carbonyl (C=O) groups excluding carboxylic acids is 1. The van der Waals surface area contributed by atoms with Gasteiger partial charge in [-0.2, -0.15) is 0 Å². The first kappa shape index (κ1) is 12.2. The molecule has 0 radical (unpaired) electrons. The van der Waals surface area contributed by atoms with Crippen molar-refractivity contribution in [3.8, 4) is 0 Å². The second kappa shape index (κ2) is 4.52. The number of nitrogens with one attached hydrogen (secondary N) is 1. The predicted octanol–water partition coefficient (Wildman–Crippen LogP) is 0.755. The molecule has 0 bridgehead atoms. The summed E-state index contributed by atoms with van der Waals surface area (Å²) in [7, 11) is 1.22. The molecule has 1 saturated heterocycles. The first-order valence-electron chi connectivity index (χ1n) is 5.77. The van der Waals surface area contributed by atoms with Gasteiger partial charge in [0, 0.05) is 6.61 Å². The first-order valence-corrected chi connectivity index (χ1v) is 5.77. The van der Waals surface area contributed by atoms with Crippen LogP contribution in [-0.4, -0.2) is 42.5 Å². The van der Waals surface area contributed by atoms with Gasteiger partial charge in [0.05, 0.1) is 12.7 Å². The van der Waals surface area contributed by atoms with Gasteiger partial charge in [-0.1, -0.05) is 0 Å². The van der Waals surface area contributed by atoms with Gasteiger partial charge in [-0.25, -0.2) is 9.59 Å². The molecule has 1 saturated carbocycles. The van der Waals surface area contributed by atoms with Crippen molar-refractivity contribution in [2.24, 2.45) is 5.92 Å². The Morgan fingerprint density at radius 2 is 2.24 bits per heavy atom. The number of hydrogen-bond donors (Lipinski definition) is 2. The van der Waals surface area contributed by atoms with Crippen molar-refractivity contribution < 1.29 is 24.2 Å². The van der Waals surface area contributed by atoms with Crippen molar-refractivity contribution in [1.82, 2.24) is 5.32 Å². The molecule has 2 fully saturated rings. The summed E-state index contributed by atoms with van der Waals surface area (Å²) in [4.78, 5) is 22.3. The molecular formula is C11H17NO5. The van der Waals surface area contributed by atoms with Crippen molar-refractivity contribution in [3.63, 3.8) is 0 Å². The van der Waals surface area contributed by atoms with Gasteiger partial charge in [0.1, 0.15) is 6.04 Å². The van der Waals surface area contributed by atoms with Gasteiger partial charge in [0.2, 0.25) is 0 Å². The third-order valence-electron chi connectivity index (χ3n) is 3.53. The van der Waals surface area contributed by atoms with Crippen molar-refractivity contribution in [2.45, 2.75) is 37.3 Å². The van der Waals surface area contributed by atoms with E-state index in [4.69, 9.17) is 9.84 Å². The molecule has 2 aliphatic rings. The lowest BCUT2D eigenvalue weighted by Gasteiger charge is -2.33. The average molecular weight is 243 g/mol. The maximum Gasteiger partial charge on any atom is 0.407 e. The van der Waals surface area contributed by atoms with Crippen molar-refractivity contribution in [2.75, 3.05) is 13.7 Å². The van der Waals surface area contributed by atoms with Gasteiger partial charge >= 0.3 is 12.1 Å². The number of alkyl carbamates (subject to hydrolysis) is 1. The molecule has 0 unspecified atom stereocenters. The molecule has 0 aromatic heterocycles. The zero-order chi connectivity index (χ0) is 12.5. The zero-order valence-electron chi connectivity index (χ0n) is 9.77. The monoisotopic (exact) mass is 243 g/mol. The predicted molar refractivity (Wildman–Crippen MR) is 57.6 cm³/mol. The lowest BCUT2D eigenvalue weighted by molar-refractivity contribution is -0.142. The highest BCUT2D eigenvalue weighted by atomic mass is 16.5. The van der Waals surface area contributed by atoms with Crippen LogP contribution < -0.4 is 5.32 Å². The lowest BCUT2D eigenvalue weighted by atomic mass is 9.87. The number of carbonyl (C=O) groups is 2. The summed E-state index contributed by atoms with van der Waals surface area (Å²) in [5, 5.41) is 11.5. The maximum atomic E-state index is 11.2. The van der Waals surface area contributed by atoms with Crippen LogP contribution in [0.5, 0.6) is 0 Å². The van der Waals surface area contributed by atoms with E-state index >= 15 is 0 Å². The largest absolute Gasteiger partial charge is 0.480 e. The van der Waals surface area contributed by atoms with E-state index in [0.717, 1.165) is 12.8 Å². The van der Waals surface area contributed by atoms with E-state index in [0.29, 0.717) is 19.4 Å². The molecule has 1 aliphatic heterocycles. The number of methoxy groups -OCH3 is 1. The van der Waals surface area contributed by atoms with Crippen LogP contribution >= 0.6 is 0 Å². The van der Waals surface area contributed by atoms with Crippen LogP contribution in [0.1, 0.15) is 25.7 Å².